The van der Waals surface area contributed by atoms with Gasteiger partial charge in [-0.3, -0.25) is 0 Å². The Labute approximate surface area is 144 Å². The van der Waals surface area contributed by atoms with Gasteiger partial charge in [-0.2, -0.15) is 0 Å². The molecule has 2 aromatic rings. The van der Waals surface area contributed by atoms with Crippen LogP contribution in [0.25, 0.3) is 10.7 Å². The molecule has 1 fully saturated rings. The largest absolute Gasteiger partial charge is 0.372 e. The summed E-state index contributed by atoms with van der Waals surface area (Å²) < 4.78 is 2.29. The van der Waals surface area contributed by atoms with Crippen LogP contribution in [0.2, 0.25) is 0 Å². The Kier molecular flexibility index (Phi) is 4.62. The average molecular weight is 464 g/mol. The molecule has 106 valence electrons. The van der Waals surface area contributed by atoms with Crippen LogP contribution in [0.1, 0.15) is 37.3 Å². The van der Waals surface area contributed by atoms with Gasteiger partial charge in [0.05, 0.1) is 17.9 Å². The van der Waals surface area contributed by atoms with E-state index in [-0.39, 0.29) is 0 Å². The van der Waals surface area contributed by atoms with E-state index in [2.05, 4.69) is 61.0 Å². The highest BCUT2D eigenvalue weighted by Crippen LogP contribution is 2.38. The molecule has 1 N–H and O–H groups in total. The topological polar surface area (TPSA) is 37.8 Å². The molecule has 0 aliphatic heterocycles. The fourth-order valence-electron chi connectivity index (χ4n) is 2.64. The molecule has 2 aromatic heterocycles. The van der Waals surface area contributed by atoms with Crippen molar-refractivity contribution in [3.8, 4) is 10.7 Å². The van der Waals surface area contributed by atoms with Crippen molar-refractivity contribution in [3.63, 3.8) is 0 Å². The molecule has 3 nitrogen and oxygen atoms in total. The van der Waals surface area contributed by atoms with E-state index >= 15 is 0 Å². The summed E-state index contributed by atoms with van der Waals surface area (Å²) in [4.78, 5) is 10.7. The standard InChI is InChI=1S/C14H15BrIN3S/c1-17-14-11(16)12(8-4-2-3-5-8)18-13(19-14)9-6-7-10(15)20-9/h6-8H,2-5H2,1H3,(H,17,18,19). The maximum Gasteiger partial charge on any atom is 0.171 e. The Hall–Kier alpha value is -0.210. The van der Waals surface area contributed by atoms with E-state index < -0.39 is 0 Å². The van der Waals surface area contributed by atoms with Crippen LogP contribution >= 0.6 is 49.9 Å². The molecular formula is C14H15BrIN3S. The zero-order chi connectivity index (χ0) is 14.1. The quantitative estimate of drug-likeness (QED) is 0.630. The first-order valence-electron chi connectivity index (χ1n) is 6.70. The van der Waals surface area contributed by atoms with Gasteiger partial charge in [-0.25, -0.2) is 9.97 Å². The number of hydrogen-bond acceptors (Lipinski definition) is 4. The lowest BCUT2D eigenvalue weighted by atomic mass is 10.0. The number of hydrogen-bond donors (Lipinski definition) is 1. The maximum atomic E-state index is 4.88. The van der Waals surface area contributed by atoms with Gasteiger partial charge >= 0.3 is 0 Å². The molecule has 2 heterocycles. The molecule has 0 radical (unpaired) electrons. The van der Waals surface area contributed by atoms with Gasteiger partial charge in [0, 0.05) is 13.0 Å². The van der Waals surface area contributed by atoms with Crippen LogP contribution in [0.4, 0.5) is 5.82 Å². The Morgan fingerprint density at radius 2 is 2.05 bits per heavy atom. The number of nitrogens with zero attached hydrogens (tertiary/aromatic N) is 2. The third-order valence-corrected chi connectivity index (χ3v) is 6.33. The second-order valence-electron chi connectivity index (χ2n) is 4.93. The summed E-state index contributed by atoms with van der Waals surface area (Å²) >= 11 is 7.57. The predicted octanol–water partition coefficient (Wildman–Crippen LogP) is 5.27. The summed E-state index contributed by atoms with van der Waals surface area (Å²) in [7, 11) is 1.93. The molecule has 0 amide bonds. The summed E-state index contributed by atoms with van der Waals surface area (Å²) in [5.74, 6) is 2.38. The third-order valence-electron chi connectivity index (χ3n) is 3.65. The minimum Gasteiger partial charge on any atom is -0.372 e. The van der Waals surface area contributed by atoms with Crippen LogP contribution in [-0.2, 0) is 0 Å². The van der Waals surface area contributed by atoms with Gasteiger partial charge in [0.1, 0.15) is 5.82 Å². The van der Waals surface area contributed by atoms with Gasteiger partial charge in [0.15, 0.2) is 5.82 Å². The van der Waals surface area contributed by atoms with Crippen molar-refractivity contribution in [3.05, 3.63) is 25.2 Å². The summed E-state index contributed by atoms with van der Waals surface area (Å²) in [6, 6.07) is 4.13. The first-order chi connectivity index (χ1) is 9.69. The molecule has 0 spiro atoms. The fraction of sp³-hybridized carbons (Fsp3) is 0.429. The van der Waals surface area contributed by atoms with Crippen LogP contribution in [0.15, 0.2) is 15.9 Å². The Bertz CT molecular complexity index is 623. The average Bonchev–Trinajstić information content (AvgIpc) is 3.10. The minimum absolute atomic E-state index is 0.596. The first-order valence-corrected chi connectivity index (χ1v) is 9.38. The van der Waals surface area contributed by atoms with Gasteiger partial charge in [0.2, 0.25) is 0 Å². The van der Waals surface area contributed by atoms with E-state index in [4.69, 9.17) is 4.98 Å². The summed E-state index contributed by atoms with van der Waals surface area (Å²) in [5, 5.41) is 3.21. The van der Waals surface area contributed by atoms with Gasteiger partial charge in [-0.15, -0.1) is 11.3 Å². The molecule has 6 heteroatoms. The van der Waals surface area contributed by atoms with Crippen molar-refractivity contribution in [1.29, 1.82) is 0 Å². The molecule has 0 bridgehead atoms. The predicted molar refractivity (Wildman–Crippen MR) is 96.5 cm³/mol. The van der Waals surface area contributed by atoms with Gasteiger partial charge < -0.3 is 5.32 Å². The molecule has 0 atom stereocenters. The number of halogens is 2. The van der Waals surface area contributed by atoms with E-state index in [1.807, 2.05) is 7.05 Å². The maximum absolute atomic E-state index is 4.88. The highest BCUT2D eigenvalue weighted by molar-refractivity contribution is 14.1. The van der Waals surface area contributed by atoms with Crippen LogP contribution in [0.5, 0.6) is 0 Å². The van der Waals surface area contributed by atoms with Crippen molar-refractivity contribution in [2.24, 2.45) is 0 Å². The smallest absolute Gasteiger partial charge is 0.171 e. The van der Waals surface area contributed by atoms with E-state index in [0.717, 1.165) is 20.3 Å². The Morgan fingerprint density at radius 1 is 1.30 bits per heavy atom. The SMILES string of the molecule is CNc1nc(-c2ccc(Br)s2)nc(C2CCCC2)c1I. The van der Waals surface area contributed by atoms with Gasteiger partial charge in [-0.05, 0) is 63.5 Å². The normalized spacial score (nSPS) is 15.8. The number of nitrogens with one attached hydrogen (secondary N) is 1. The molecule has 1 aliphatic carbocycles. The van der Waals surface area contributed by atoms with Crippen LogP contribution in [-0.4, -0.2) is 17.0 Å². The van der Waals surface area contributed by atoms with E-state index in [0.29, 0.717) is 5.92 Å². The summed E-state index contributed by atoms with van der Waals surface area (Å²) in [5.41, 5.74) is 1.22. The lowest BCUT2D eigenvalue weighted by molar-refractivity contribution is 0.691. The number of anilines is 1. The molecule has 1 aliphatic rings. The fourth-order valence-corrected chi connectivity index (χ4v) is 4.92. The molecule has 0 unspecified atom stereocenters. The van der Waals surface area contributed by atoms with Crippen molar-refractivity contribution < 1.29 is 0 Å². The molecule has 1 saturated carbocycles. The van der Waals surface area contributed by atoms with Gasteiger partial charge in [-0.1, -0.05) is 12.8 Å². The van der Waals surface area contributed by atoms with Crippen molar-refractivity contribution in [2.45, 2.75) is 31.6 Å². The number of rotatable bonds is 3. The highest BCUT2D eigenvalue weighted by Gasteiger charge is 2.24. The van der Waals surface area contributed by atoms with Crippen molar-refractivity contribution >= 4 is 55.7 Å². The second kappa shape index (κ2) is 6.27. The first kappa shape index (κ1) is 14.7. The molecule has 0 aromatic carbocycles. The Morgan fingerprint density at radius 3 is 2.65 bits per heavy atom. The van der Waals surface area contributed by atoms with Crippen LogP contribution < -0.4 is 5.32 Å². The molecule has 20 heavy (non-hydrogen) atoms. The summed E-state index contributed by atoms with van der Waals surface area (Å²) in [6.07, 6.45) is 5.15. The second-order valence-corrected chi connectivity index (χ2v) is 8.47. The number of thiophene rings is 1. The monoisotopic (exact) mass is 463 g/mol. The highest BCUT2D eigenvalue weighted by atomic mass is 127. The summed E-state index contributed by atoms with van der Waals surface area (Å²) in [6.45, 7) is 0. The van der Waals surface area contributed by atoms with E-state index in [9.17, 15) is 0 Å². The van der Waals surface area contributed by atoms with Crippen molar-refractivity contribution in [2.75, 3.05) is 12.4 Å². The zero-order valence-electron chi connectivity index (χ0n) is 11.1. The number of aromatic nitrogens is 2. The Balaban J connectivity index is 2.09. The minimum atomic E-state index is 0.596. The van der Waals surface area contributed by atoms with Crippen molar-refractivity contribution in [1.82, 2.24) is 9.97 Å². The lowest BCUT2D eigenvalue weighted by Gasteiger charge is -2.15. The zero-order valence-corrected chi connectivity index (χ0v) is 15.7. The van der Waals surface area contributed by atoms with Gasteiger partial charge in [0.25, 0.3) is 0 Å². The molecule has 3 rings (SSSR count). The van der Waals surface area contributed by atoms with Crippen LogP contribution in [0, 0.1) is 3.57 Å². The van der Waals surface area contributed by atoms with Crippen LogP contribution in [0.3, 0.4) is 0 Å². The lowest BCUT2D eigenvalue weighted by Crippen LogP contribution is -2.07. The molecular weight excluding hydrogens is 449 g/mol. The van der Waals surface area contributed by atoms with E-state index in [1.165, 1.54) is 34.9 Å². The molecule has 0 saturated heterocycles. The van der Waals surface area contributed by atoms with E-state index in [1.54, 1.807) is 11.3 Å². The third kappa shape index (κ3) is 2.87.